The lowest BCUT2D eigenvalue weighted by atomic mass is 10.2. The fraction of sp³-hybridized carbons (Fsp3) is 0.429. The van der Waals surface area contributed by atoms with Gasteiger partial charge in [0, 0.05) is 24.0 Å². The summed E-state index contributed by atoms with van der Waals surface area (Å²) in [6.45, 7) is 0.824. The molecule has 0 aromatic carbocycles. The fourth-order valence-corrected chi connectivity index (χ4v) is 2.49. The Morgan fingerprint density at radius 1 is 1.28 bits per heavy atom. The van der Waals surface area contributed by atoms with Gasteiger partial charge in [0.15, 0.2) is 0 Å². The van der Waals surface area contributed by atoms with Crippen LogP contribution in [0.25, 0.3) is 11.3 Å². The number of nitrogens with one attached hydrogen (secondary N) is 2. The van der Waals surface area contributed by atoms with Crippen molar-refractivity contribution in [2.75, 3.05) is 0 Å². The molecule has 18 heavy (non-hydrogen) atoms. The maximum Gasteiger partial charge on any atom is 0.120 e. The highest BCUT2D eigenvalue weighted by molar-refractivity contribution is 5.56. The van der Waals surface area contributed by atoms with Gasteiger partial charge in [-0.15, -0.1) is 0 Å². The van der Waals surface area contributed by atoms with Gasteiger partial charge in [-0.3, -0.25) is 4.98 Å². The number of H-pyrrole nitrogens is 1. The minimum absolute atomic E-state index is 0.678. The maximum absolute atomic E-state index is 4.41. The summed E-state index contributed by atoms with van der Waals surface area (Å²) in [4.78, 5) is 11.9. The lowest BCUT2D eigenvalue weighted by Gasteiger charge is -2.09. The Kier molecular flexibility index (Phi) is 3.37. The van der Waals surface area contributed by atoms with Crippen LogP contribution in [-0.2, 0) is 6.54 Å². The van der Waals surface area contributed by atoms with Crippen molar-refractivity contribution in [1.29, 1.82) is 0 Å². The van der Waals surface area contributed by atoms with Crippen molar-refractivity contribution in [3.63, 3.8) is 0 Å². The molecule has 0 radical (unpaired) electrons. The third-order valence-corrected chi connectivity index (χ3v) is 3.51. The quantitative estimate of drug-likeness (QED) is 0.866. The monoisotopic (exact) mass is 242 g/mol. The average Bonchev–Trinajstić information content (AvgIpc) is 3.09. The van der Waals surface area contributed by atoms with Crippen LogP contribution >= 0.6 is 0 Å². The SMILES string of the molecule is c1cncc(-c2cnc(CNC3CCCC3)[nH]2)c1. The molecule has 0 saturated heterocycles. The fourth-order valence-electron chi connectivity index (χ4n) is 2.49. The van der Waals surface area contributed by atoms with Gasteiger partial charge < -0.3 is 10.3 Å². The van der Waals surface area contributed by atoms with Gasteiger partial charge in [-0.25, -0.2) is 4.98 Å². The van der Waals surface area contributed by atoms with E-state index in [4.69, 9.17) is 0 Å². The summed E-state index contributed by atoms with van der Waals surface area (Å²) in [7, 11) is 0. The van der Waals surface area contributed by atoms with Crippen LogP contribution in [0.5, 0.6) is 0 Å². The van der Waals surface area contributed by atoms with Crippen molar-refractivity contribution in [3.8, 4) is 11.3 Å². The first-order valence-corrected chi connectivity index (χ1v) is 6.59. The molecule has 1 saturated carbocycles. The standard InChI is InChI=1S/C14H18N4/c1-2-6-12(5-1)16-10-14-17-9-13(18-14)11-4-3-7-15-8-11/h3-4,7-9,12,16H,1-2,5-6,10H2,(H,17,18). The van der Waals surface area contributed by atoms with Crippen LogP contribution in [0.4, 0.5) is 0 Å². The number of nitrogens with zero attached hydrogens (tertiary/aromatic N) is 2. The smallest absolute Gasteiger partial charge is 0.120 e. The minimum Gasteiger partial charge on any atom is -0.341 e. The van der Waals surface area contributed by atoms with E-state index in [0.717, 1.165) is 23.6 Å². The van der Waals surface area contributed by atoms with Crippen molar-refractivity contribution in [3.05, 3.63) is 36.5 Å². The van der Waals surface area contributed by atoms with E-state index in [2.05, 4.69) is 20.3 Å². The van der Waals surface area contributed by atoms with Crippen LogP contribution in [-0.4, -0.2) is 21.0 Å². The van der Waals surface area contributed by atoms with Crippen LogP contribution in [0.1, 0.15) is 31.5 Å². The number of aromatic amines is 1. The molecule has 0 amide bonds. The predicted octanol–water partition coefficient (Wildman–Crippen LogP) is 2.50. The Labute approximate surface area is 107 Å². The molecule has 2 aromatic rings. The summed E-state index contributed by atoms with van der Waals surface area (Å²) in [6.07, 6.45) is 10.8. The lowest BCUT2D eigenvalue weighted by molar-refractivity contribution is 0.515. The molecule has 0 aliphatic heterocycles. The van der Waals surface area contributed by atoms with Gasteiger partial charge >= 0.3 is 0 Å². The Balaban J connectivity index is 1.63. The molecule has 0 unspecified atom stereocenters. The van der Waals surface area contributed by atoms with Crippen LogP contribution in [0.15, 0.2) is 30.7 Å². The summed E-state index contributed by atoms with van der Waals surface area (Å²) < 4.78 is 0. The molecular formula is C14H18N4. The highest BCUT2D eigenvalue weighted by Crippen LogP contribution is 2.18. The second-order valence-corrected chi connectivity index (χ2v) is 4.85. The molecule has 0 bridgehead atoms. The van der Waals surface area contributed by atoms with E-state index in [1.807, 2.05) is 24.5 Å². The zero-order valence-electron chi connectivity index (χ0n) is 10.4. The van der Waals surface area contributed by atoms with Crippen LogP contribution in [0, 0.1) is 0 Å². The highest BCUT2D eigenvalue weighted by Gasteiger charge is 2.14. The molecule has 3 rings (SSSR count). The van der Waals surface area contributed by atoms with Crippen molar-refractivity contribution >= 4 is 0 Å². The van der Waals surface area contributed by atoms with Gasteiger partial charge in [-0.1, -0.05) is 12.8 Å². The minimum atomic E-state index is 0.678. The first-order chi connectivity index (χ1) is 8.92. The van der Waals surface area contributed by atoms with Gasteiger partial charge in [0.05, 0.1) is 18.4 Å². The van der Waals surface area contributed by atoms with E-state index in [1.165, 1.54) is 25.7 Å². The number of rotatable bonds is 4. The topological polar surface area (TPSA) is 53.6 Å². The Morgan fingerprint density at radius 2 is 2.17 bits per heavy atom. The van der Waals surface area contributed by atoms with Crippen molar-refractivity contribution < 1.29 is 0 Å². The molecule has 2 aromatic heterocycles. The molecule has 1 fully saturated rings. The van der Waals surface area contributed by atoms with Gasteiger partial charge in [0.25, 0.3) is 0 Å². The molecule has 0 atom stereocenters. The third kappa shape index (κ3) is 2.59. The van der Waals surface area contributed by atoms with Crippen LogP contribution in [0.2, 0.25) is 0 Å². The number of pyridine rings is 1. The average molecular weight is 242 g/mol. The number of hydrogen-bond acceptors (Lipinski definition) is 3. The van der Waals surface area contributed by atoms with Gasteiger partial charge in [-0.05, 0) is 25.0 Å². The Hall–Kier alpha value is -1.68. The summed E-state index contributed by atoms with van der Waals surface area (Å²) >= 11 is 0. The van der Waals surface area contributed by atoms with Crippen LogP contribution in [0.3, 0.4) is 0 Å². The second-order valence-electron chi connectivity index (χ2n) is 4.85. The van der Waals surface area contributed by atoms with E-state index in [0.29, 0.717) is 6.04 Å². The predicted molar refractivity (Wildman–Crippen MR) is 70.9 cm³/mol. The normalized spacial score (nSPS) is 16.2. The molecular weight excluding hydrogens is 224 g/mol. The van der Waals surface area contributed by atoms with Gasteiger partial charge in [0.2, 0.25) is 0 Å². The summed E-state index contributed by atoms with van der Waals surface area (Å²) in [6, 6.07) is 4.65. The Bertz CT molecular complexity index is 486. The van der Waals surface area contributed by atoms with Crippen molar-refractivity contribution in [2.45, 2.75) is 38.3 Å². The number of hydrogen-bond donors (Lipinski definition) is 2. The summed E-state index contributed by atoms with van der Waals surface area (Å²) in [5, 5.41) is 3.55. The molecule has 4 nitrogen and oxygen atoms in total. The van der Waals surface area contributed by atoms with E-state index >= 15 is 0 Å². The molecule has 4 heteroatoms. The zero-order chi connectivity index (χ0) is 12.2. The van der Waals surface area contributed by atoms with E-state index in [1.54, 1.807) is 6.20 Å². The molecule has 94 valence electrons. The highest BCUT2D eigenvalue weighted by atomic mass is 15.0. The molecule has 1 aliphatic rings. The van der Waals surface area contributed by atoms with Crippen molar-refractivity contribution in [2.24, 2.45) is 0 Å². The first-order valence-electron chi connectivity index (χ1n) is 6.59. The first kappa shape index (κ1) is 11.4. The third-order valence-electron chi connectivity index (χ3n) is 3.51. The van der Waals surface area contributed by atoms with Crippen LogP contribution < -0.4 is 5.32 Å². The Morgan fingerprint density at radius 3 is 2.94 bits per heavy atom. The van der Waals surface area contributed by atoms with Crippen molar-refractivity contribution in [1.82, 2.24) is 20.3 Å². The largest absolute Gasteiger partial charge is 0.341 e. The number of imidazole rings is 1. The summed E-state index contributed by atoms with van der Waals surface area (Å²) in [5.41, 5.74) is 2.11. The van der Waals surface area contributed by atoms with Gasteiger partial charge in [-0.2, -0.15) is 0 Å². The van der Waals surface area contributed by atoms with E-state index < -0.39 is 0 Å². The lowest BCUT2D eigenvalue weighted by Crippen LogP contribution is -2.25. The number of aromatic nitrogens is 3. The second kappa shape index (κ2) is 5.31. The molecule has 0 spiro atoms. The molecule has 1 aliphatic carbocycles. The molecule has 2 heterocycles. The zero-order valence-corrected chi connectivity index (χ0v) is 10.4. The van der Waals surface area contributed by atoms with E-state index in [-0.39, 0.29) is 0 Å². The molecule has 2 N–H and O–H groups in total. The summed E-state index contributed by atoms with van der Waals surface area (Å²) in [5.74, 6) is 1.00. The maximum atomic E-state index is 4.41. The van der Waals surface area contributed by atoms with E-state index in [9.17, 15) is 0 Å². The van der Waals surface area contributed by atoms with Gasteiger partial charge in [0.1, 0.15) is 5.82 Å².